The Balaban J connectivity index is 1.14. The molecule has 7 rings (SSSR count). The van der Waals surface area contributed by atoms with E-state index in [0.29, 0.717) is 35.7 Å². The molecule has 0 aliphatic carbocycles. The first-order valence-electron chi connectivity index (χ1n) is 18.2. The predicted octanol–water partition coefficient (Wildman–Crippen LogP) is 7.47. The number of benzene rings is 4. The van der Waals surface area contributed by atoms with E-state index in [0.717, 1.165) is 42.7 Å². The quantitative estimate of drug-likeness (QED) is 0.172. The first kappa shape index (κ1) is 35.0. The molecule has 0 radical (unpaired) electrons. The number of nitrogens with zero attached hydrogens (tertiary/aromatic N) is 2. The maximum absolute atomic E-state index is 14.0. The van der Waals surface area contributed by atoms with Crippen molar-refractivity contribution in [2.45, 2.75) is 75.9 Å². The van der Waals surface area contributed by atoms with Gasteiger partial charge in [0.2, 0.25) is 5.91 Å². The number of likely N-dealkylation sites (tertiary alicyclic amines) is 1. The summed E-state index contributed by atoms with van der Waals surface area (Å²) in [6, 6.07) is 31.5. The third kappa shape index (κ3) is 6.82. The molecule has 8 nitrogen and oxygen atoms in total. The molecule has 4 aromatic rings. The second kappa shape index (κ2) is 14.7. The fourth-order valence-corrected chi connectivity index (χ4v) is 12.8. The molecule has 3 heterocycles. The second-order valence-electron chi connectivity index (χ2n) is 14.7. The minimum atomic E-state index is -2.15. The molecular formula is C42H48N2O6Si. The third-order valence-electron chi connectivity index (χ3n) is 11.4. The van der Waals surface area contributed by atoms with E-state index in [1.807, 2.05) is 71.6 Å². The predicted molar refractivity (Wildman–Crippen MR) is 202 cm³/mol. The first-order valence-corrected chi connectivity index (χ1v) is 21.3. The van der Waals surface area contributed by atoms with Gasteiger partial charge in [0.15, 0.2) is 5.75 Å². The zero-order valence-corrected chi connectivity index (χ0v) is 31.0. The maximum atomic E-state index is 14.0. The summed E-state index contributed by atoms with van der Waals surface area (Å²) in [7, 11) is -0.470. The van der Waals surface area contributed by atoms with Gasteiger partial charge >= 0.3 is 0 Å². The van der Waals surface area contributed by atoms with Crippen LogP contribution in [-0.2, 0) is 16.0 Å². The van der Waals surface area contributed by atoms with Gasteiger partial charge in [0.1, 0.15) is 11.5 Å². The molecule has 0 saturated carbocycles. The minimum Gasteiger partial charge on any atom is -0.497 e. The number of hydrogen-bond donors (Lipinski definition) is 1. The Morgan fingerprint density at radius 3 is 2.45 bits per heavy atom. The molecule has 2 amide bonds. The van der Waals surface area contributed by atoms with Gasteiger partial charge in [-0.1, -0.05) is 73.7 Å². The summed E-state index contributed by atoms with van der Waals surface area (Å²) in [4.78, 5) is 31.4. The zero-order chi connectivity index (χ0) is 35.7. The SMILES string of the molecule is COc1ccc([Si](C)(C)[C@@H]2[C@@H](C)[C@@H](CCc3cccc(N4C(=O)c5ccccc5Oc5ccccc54)c3)O[C@H]2CC(=O)N2CCC[C@H]2CO)cc1. The van der Waals surface area contributed by atoms with Gasteiger partial charge < -0.3 is 24.2 Å². The number of ether oxygens (including phenoxy) is 3. The topological polar surface area (TPSA) is 88.5 Å². The number of anilines is 2. The molecular weight excluding hydrogens is 657 g/mol. The van der Waals surface area contributed by atoms with E-state index in [2.05, 4.69) is 44.3 Å². The van der Waals surface area contributed by atoms with Crippen molar-refractivity contribution in [3.63, 3.8) is 0 Å². The normalized spacial score (nSPS) is 23.0. The van der Waals surface area contributed by atoms with E-state index in [1.165, 1.54) is 5.19 Å². The summed E-state index contributed by atoms with van der Waals surface area (Å²) in [5, 5.41) is 11.3. The van der Waals surface area contributed by atoms with E-state index in [-0.39, 0.29) is 48.1 Å². The molecule has 9 heteroatoms. The number of carbonyl (C=O) groups is 2. The van der Waals surface area contributed by atoms with Gasteiger partial charge in [-0.3, -0.25) is 14.5 Å². The van der Waals surface area contributed by atoms with E-state index < -0.39 is 8.07 Å². The average molecular weight is 705 g/mol. The fraction of sp³-hybridized carbons (Fsp3) is 0.381. The summed E-state index contributed by atoms with van der Waals surface area (Å²) in [6.07, 6.45) is 3.40. The largest absolute Gasteiger partial charge is 0.497 e. The molecule has 51 heavy (non-hydrogen) atoms. The van der Waals surface area contributed by atoms with Crippen LogP contribution in [0.4, 0.5) is 11.4 Å². The Kier molecular flexibility index (Phi) is 10.1. The molecule has 0 unspecified atom stereocenters. The van der Waals surface area contributed by atoms with Crippen LogP contribution in [0.3, 0.4) is 0 Å². The summed E-state index contributed by atoms with van der Waals surface area (Å²) in [6.45, 7) is 7.78. The van der Waals surface area contributed by atoms with Crippen molar-refractivity contribution in [3.8, 4) is 17.2 Å². The maximum Gasteiger partial charge on any atom is 0.266 e. The van der Waals surface area contributed by atoms with E-state index in [4.69, 9.17) is 14.2 Å². The van der Waals surface area contributed by atoms with Crippen molar-refractivity contribution < 1.29 is 28.9 Å². The van der Waals surface area contributed by atoms with Crippen LogP contribution in [0.25, 0.3) is 0 Å². The Bertz CT molecular complexity index is 1880. The third-order valence-corrected chi connectivity index (χ3v) is 15.8. The summed E-state index contributed by atoms with van der Waals surface area (Å²) in [5.74, 6) is 2.18. The highest BCUT2D eigenvalue weighted by Crippen LogP contribution is 2.47. The molecule has 0 aromatic heterocycles. The van der Waals surface area contributed by atoms with Gasteiger partial charge in [-0.05, 0) is 91.2 Å². The molecule has 0 bridgehead atoms. The highest BCUT2D eigenvalue weighted by atomic mass is 28.3. The van der Waals surface area contributed by atoms with Crippen LogP contribution in [0.2, 0.25) is 18.6 Å². The van der Waals surface area contributed by atoms with Gasteiger partial charge in [0, 0.05) is 12.2 Å². The molecule has 1 N–H and O–H groups in total. The van der Waals surface area contributed by atoms with E-state index >= 15 is 0 Å². The van der Waals surface area contributed by atoms with Crippen LogP contribution in [0, 0.1) is 5.92 Å². The molecule has 3 aliphatic heterocycles. The van der Waals surface area contributed by atoms with Gasteiger partial charge in [0.25, 0.3) is 5.91 Å². The Morgan fingerprint density at radius 1 is 0.941 bits per heavy atom. The number of hydrogen-bond acceptors (Lipinski definition) is 6. The van der Waals surface area contributed by atoms with Gasteiger partial charge in [-0.2, -0.15) is 0 Å². The van der Waals surface area contributed by atoms with Crippen LogP contribution < -0.4 is 19.6 Å². The Labute approximate surface area is 302 Å². The molecule has 3 aliphatic rings. The van der Waals surface area contributed by atoms with Gasteiger partial charge in [-0.25, -0.2) is 0 Å². The number of methoxy groups -OCH3 is 1. The van der Waals surface area contributed by atoms with Gasteiger partial charge in [-0.15, -0.1) is 0 Å². The number of rotatable bonds is 10. The minimum absolute atomic E-state index is 0.000971. The molecule has 4 aromatic carbocycles. The molecule has 0 spiro atoms. The van der Waals surface area contributed by atoms with Crippen LogP contribution in [0.15, 0.2) is 97.1 Å². The average Bonchev–Trinajstić information content (AvgIpc) is 3.72. The number of carbonyl (C=O) groups excluding carboxylic acids is 2. The summed E-state index contributed by atoms with van der Waals surface area (Å²) < 4.78 is 18.6. The highest BCUT2D eigenvalue weighted by Gasteiger charge is 2.51. The highest BCUT2D eigenvalue weighted by molar-refractivity contribution is 6.91. The molecule has 2 fully saturated rings. The van der Waals surface area contributed by atoms with E-state index in [1.54, 1.807) is 18.1 Å². The first-order chi connectivity index (χ1) is 24.7. The summed E-state index contributed by atoms with van der Waals surface area (Å²) in [5.41, 5.74) is 3.32. The van der Waals surface area contributed by atoms with Crippen molar-refractivity contribution in [2.24, 2.45) is 5.92 Å². The van der Waals surface area contributed by atoms with Crippen LogP contribution in [0.1, 0.15) is 48.5 Å². The Hall–Kier alpha value is -4.44. The smallest absolute Gasteiger partial charge is 0.266 e. The lowest BCUT2D eigenvalue weighted by Crippen LogP contribution is -2.51. The molecule has 5 atom stereocenters. The number of aryl methyl sites for hydroxylation is 1. The van der Waals surface area contributed by atoms with Crippen molar-refractivity contribution >= 4 is 36.4 Å². The fourth-order valence-electron chi connectivity index (χ4n) is 8.71. The molecule has 2 saturated heterocycles. The monoisotopic (exact) mass is 704 g/mol. The Morgan fingerprint density at radius 2 is 1.69 bits per heavy atom. The van der Waals surface area contributed by atoms with Crippen LogP contribution in [0.5, 0.6) is 17.2 Å². The lowest BCUT2D eigenvalue weighted by molar-refractivity contribution is -0.135. The van der Waals surface area contributed by atoms with Crippen LogP contribution in [-0.4, -0.2) is 68.4 Å². The van der Waals surface area contributed by atoms with Crippen LogP contribution >= 0.6 is 0 Å². The lowest BCUT2D eigenvalue weighted by Gasteiger charge is -2.36. The number of aliphatic hydroxyl groups excluding tert-OH is 1. The number of aliphatic hydroxyl groups is 1. The van der Waals surface area contributed by atoms with E-state index in [9.17, 15) is 14.7 Å². The standard InChI is InChI=1S/C42H48N2O6Si/c1-28-36(49-39(26-40(46)43-24-10-13-31(43)27-45)41(28)51(3,4)33-21-19-32(48-2)20-22-33)23-18-29-11-9-12-30(25-29)44-35-15-6-8-17-38(35)50-37-16-7-5-14-34(37)42(44)47/h5-9,11-12,14-17,19-22,25,28,31,36,39,41,45H,10,13,18,23-24,26-27H2,1-4H3/t28-,31-,36+,39-,41+/m0/s1. The van der Waals surface area contributed by atoms with Crippen molar-refractivity contribution in [1.82, 2.24) is 4.90 Å². The summed E-state index contributed by atoms with van der Waals surface area (Å²) >= 11 is 0. The number of fused-ring (bicyclic) bond motifs is 2. The second-order valence-corrected chi connectivity index (χ2v) is 19.4. The lowest BCUT2D eigenvalue weighted by atomic mass is 9.94. The van der Waals surface area contributed by atoms with Gasteiger partial charge in [0.05, 0.1) is 57.7 Å². The van der Waals surface area contributed by atoms with Crippen molar-refractivity contribution in [3.05, 3.63) is 108 Å². The number of amides is 2. The molecule has 266 valence electrons. The van der Waals surface area contributed by atoms with Crippen molar-refractivity contribution in [1.29, 1.82) is 0 Å². The zero-order valence-electron chi connectivity index (χ0n) is 30.0. The van der Waals surface area contributed by atoms with Crippen molar-refractivity contribution in [2.75, 3.05) is 25.2 Å². The number of para-hydroxylation sites is 3.